The average Bonchev–Trinajstić information content (AvgIpc) is 0.722. The van der Waals surface area contributed by atoms with Gasteiger partial charge in [0.1, 0.15) is 0 Å². The van der Waals surface area contributed by atoms with Crippen molar-refractivity contribution in [1.29, 1.82) is 0 Å². The Morgan fingerprint density at radius 3 is 1.12 bits per heavy atom. The van der Waals surface area contributed by atoms with Crippen LogP contribution in [0.15, 0.2) is 0 Å². The van der Waals surface area contributed by atoms with Crippen LogP contribution in [0.5, 0.6) is 0 Å². The van der Waals surface area contributed by atoms with E-state index in [1.807, 2.05) is 0 Å². The van der Waals surface area contributed by atoms with E-state index in [9.17, 15) is 0 Å². The molecule has 0 heterocycles. The van der Waals surface area contributed by atoms with Crippen LogP contribution in [-0.4, -0.2) is 75.1 Å². The molecule has 0 aliphatic heterocycles. The van der Waals surface area contributed by atoms with Crippen LogP contribution in [0.1, 0.15) is 0 Å². The van der Waals surface area contributed by atoms with Crippen molar-refractivity contribution in [2.75, 3.05) is 0 Å². The van der Waals surface area contributed by atoms with E-state index >= 15 is 0 Å². The van der Waals surface area contributed by atoms with Crippen LogP contribution in [0.25, 0.3) is 0 Å². The van der Waals surface area contributed by atoms with Crippen molar-refractivity contribution < 1.29 is 46.5 Å². The summed E-state index contributed by atoms with van der Waals surface area (Å²) in [5.74, 6) is 0. The van der Waals surface area contributed by atoms with E-state index in [0.29, 0.717) is 0 Å². The van der Waals surface area contributed by atoms with E-state index in [2.05, 4.69) is 0 Å². The zero-order valence-corrected chi connectivity index (χ0v) is 13.7. The van der Waals surface area contributed by atoms with E-state index in [-0.39, 0.29) is 92.2 Å². The Morgan fingerprint density at radius 2 is 1.12 bits per heavy atom. The summed E-state index contributed by atoms with van der Waals surface area (Å²) in [5, 5.41) is 0. The molecule has 4 nitrogen and oxygen atoms in total. The molecule has 0 atom stereocenters. The van der Waals surface area contributed by atoms with E-state index in [1.54, 1.807) is 0 Å². The molecule has 0 saturated carbocycles. The van der Waals surface area contributed by atoms with Gasteiger partial charge in [-0.3, -0.25) is 0 Å². The van der Waals surface area contributed by atoms with Gasteiger partial charge in [0.05, 0.1) is 0 Å². The maximum atomic E-state index is 8.58. The summed E-state index contributed by atoms with van der Waals surface area (Å²) in [6.45, 7) is 0. The minimum absolute atomic E-state index is 0. The van der Waals surface area contributed by atoms with Gasteiger partial charge in [0.25, 0.3) is 0 Å². The van der Waals surface area contributed by atoms with Gasteiger partial charge in [-0.1, -0.05) is 0 Å². The predicted octanol–water partition coefficient (Wildman–Crippen LogP) is -3.38. The first-order valence-electron chi connectivity index (χ1n) is 0.617. The van der Waals surface area contributed by atoms with Gasteiger partial charge in [-0.15, -0.1) is 0 Å². The van der Waals surface area contributed by atoms with E-state index in [1.165, 1.54) is 0 Å². The van der Waals surface area contributed by atoms with Crippen LogP contribution in [0.2, 0.25) is 0 Å². The molecule has 0 aliphatic carbocycles. The molecule has 2 radical (unpaired) electrons. The van der Waals surface area contributed by atoms with Crippen LogP contribution in [0.4, 0.5) is 0 Å². The van der Waals surface area contributed by atoms with Gasteiger partial charge in [0.2, 0.25) is 0 Å². The normalized spacial score (nSPS) is 7.25. The molecule has 0 saturated heterocycles. The molecule has 0 aromatic rings. The molecular formula is BaBiFeMnO4+5. The van der Waals surface area contributed by atoms with E-state index in [4.69, 9.17) is 16.0 Å². The second-order valence-electron chi connectivity index (χ2n) is 0.378. The first-order chi connectivity index (χ1) is 2.00. The Morgan fingerprint density at radius 1 is 1.12 bits per heavy atom. The van der Waals surface area contributed by atoms with Gasteiger partial charge in [0, 0.05) is 0 Å². The van der Waals surface area contributed by atoms with Gasteiger partial charge in [-0.2, -0.15) is 0 Å². The Hall–Kier alpha value is 3.01. The third-order valence-corrected chi connectivity index (χ3v) is 0. The SMILES string of the molecule is [Ba+2].[Bi+3].[Fe+2].[O]=[Mn](=[O])([O-])[O-]. The predicted molar refractivity (Wildman–Crippen MR) is 12.9 cm³/mol. The van der Waals surface area contributed by atoms with Crippen molar-refractivity contribution in [2.45, 2.75) is 0 Å². The van der Waals surface area contributed by atoms with Crippen LogP contribution >= 0.6 is 0 Å². The Balaban J connectivity index is -0.0000000267. The second-order valence-corrected chi connectivity index (χ2v) is 1.56. The quantitative estimate of drug-likeness (QED) is 0.312. The summed E-state index contributed by atoms with van der Waals surface area (Å²) in [6.07, 6.45) is 0. The topological polar surface area (TPSA) is 80.3 Å². The van der Waals surface area contributed by atoms with Gasteiger partial charge in [0.15, 0.2) is 0 Å². The average molecular weight is 521 g/mol. The van der Waals surface area contributed by atoms with Gasteiger partial charge < -0.3 is 0 Å². The first kappa shape index (κ1) is 22.5. The van der Waals surface area contributed by atoms with Crippen LogP contribution in [-0.2, 0) is 38.1 Å². The van der Waals surface area contributed by atoms with Crippen molar-refractivity contribution >= 4 is 75.1 Å². The van der Waals surface area contributed by atoms with Crippen molar-refractivity contribution in [3.8, 4) is 0 Å². The summed E-state index contributed by atoms with van der Waals surface area (Å²) in [6, 6.07) is 0. The van der Waals surface area contributed by atoms with Crippen molar-refractivity contribution in [3.05, 3.63) is 0 Å². The standard InChI is InChI=1S/Ba.Bi.Fe.Mn.4O/q+2;+3;+2;;;;2*-1. The molecule has 8 heteroatoms. The molecule has 0 bridgehead atoms. The fourth-order valence-corrected chi connectivity index (χ4v) is 0. The molecule has 0 rings (SSSR count). The molecule has 0 aliphatic rings. The molecule has 0 spiro atoms. The molecule has 41 valence electrons. The molecule has 0 N–H and O–H groups in total. The monoisotopic (exact) mass is 522 g/mol. The summed E-state index contributed by atoms with van der Waals surface area (Å²) in [5.41, 5.74) is 0. The molecular weight excluding hydrogens is 521 g/mol. The summed E-state index contributed by atoms with van der Waals surface area (Å²) in [7, 11) is 0. The van der Waals surface area contributed by atoms with Gasteiger partial charge in [-0.25, -0.2) is 0 Å². The summed E-state index contributed by atoms with van der Waals surface area (Å²) < 4.78 is 34.3. The first-order valence-corrected chi connectivity index (χ1v) is 2.54. The third kappa shape index (κ3) is 63.7. The molecule has 0 fully saturated rings. The van der Waals surface area contributed by atoms with Crippen LogP contribution in [0.3, 0.4) is 0 Å². The Labute approximate surface area is 119 Å². The van der Waals surface area contributed by atoms with Gasteiger partial charge in [-0.05, 0) is 0 Å². The third-order valence-electron chi connectivity index (χ3n) is 0. The van der Waals surface area contributed by atoms with Gasteiger partial charge >= 0.3 is 122 Å². The zero-order chi connectivity index (χ0) is 4.50. The maximum absolute atomic E-state index is 8.58. The molecule has 0 aromatic heterocycles. The zero-order valence-electron chi connectivity index (χ0n) is 3.52. The number of hydrogen-bond donors (Lipinski definition) is 0. The minimum atomic E-state index is -5.62. The fraction of sp³-hybridized carbons (Fsp3) is 0. The molecule has 8 heavy (non-hydrogen) atoms. The van der Waals surface area contributed by atoms with Crippen LogP contribution < -0.4 is 8.38 Å². The van der Waals surface area contributed by atoms with E-state index < -0.39 is 13.4 Å². The Kier molecular flexibility index (Phi) is 28.1. The van der Waals surface area contributed by atoms with Crippen molar-refractivity contribution in [2.24, 2.45) is 0 Å². The van der Waals surface area contributed by atoms with Crippen molar-refractivity contribution in [3.63, 3.8) is 0 Å². The van der Waals surface area contributed by atoms with Crippen LogP contribution in [0, 0.1) is 0 Å². The number of hydrogen-bond acceptors (Lipinski definition) is 4. The van der Waals surface area contributed by atoms with Crippen molar-refractivity contribution in [1.82, 2.24) is 0 Å². The fourth-order valence-electron chi connectivity index (χ4n) is 0. The second kappa shape index (κ2) is 10.0. The van der Waals surface area contributed by atoms with E-state index in [0.717, 1.165) is 0 Å². The molecule has 0 unspecified atom stereocenters. The number of rotatable bonds is 0. The molecule has 0 aromatic carbocycles. The Bertz CT molecular complexity index is 99.2. The molecule has 0 amide bonds. The summed E-state index contributed by atoms with van der Waals surface area (Å²) >= 11 is -5.62. The summed E-state index contributed by atoms with van der Waals surface area (Å²) in [4.78, 5) is 0.